The van der Waals surface area contributed by atoms with Crippen molar-refractivity contribution in [1.29, 1.82) is 0 Å². The van der Waals surface area contributed by atoms with Gasteiger partial charge in [0.25, 0.3) is 5.91 Å². The number of nitrogens with one attached hydrogen (secondary N) is 1. The standard InChI is InChI=1S/C20H25NO3/c1-15-7-9-16(10-8-15)6-4-5-13-21-20(22)17-11-12-18(23-2)19(14-17)24-3/h7-12,14H,4-6,13H2,1-3H3,(H,21,22). The van der Waals surface area contributed by atoms with Crippen LogP contribution in [0.2, 0.25) is 0 Å². The summed E-state index contributed by atoms with van der Waals surface area (Å²) in [6, 6.07) is 13.8. The molecule has 0 bridgehead atoms. The van der Waals surface area contributed by atoms with Gasteiger partial charge in [-0.15, -0.1) is 0 Å². The fourth-order valence-electron chi connectivity index (χ4n) is 2.49. The highest BCUT2D eigenvalue weighted by Crippen LogP contribution is 2.27. The molecular weight excluding hydrogens is 302 g/mol. The number of rotatable bonds is 8. The molecule has 0 fully saturated rings. The van der Waals surface area contributed by atoms with E-state index < -0.39 is 0 Å². The van der Waals surface area contributed by atoms with E-state index in [0.717, 1.165) is 19.3 Å². The molecule has 0 saturated heterocycles. The number of aryl methyl sites for hydroxylation is 2. The Bertz CT molecular complexity index is 665. The summed E-state index contributed by atoms with van der Waals surface area (Å²) in [5, 5.41) is 2.95. The van der Waals surface area contributed by atoms with Crippen LogP contribution in [0.25, 0.3) is 0 Å². The number of amides is 1. The third-order valence-electron chi connectivity index (χ3n) is 3.94. The Morgan fingerprint density at radius 3 is 2.33 bits per heavy atom. The van der Waals surface area contributed by atoms with Crippen LogP contribution < -0.4 is 14.8 Å². The van der Waals surface area contributed by atoms with E-state index in [9.17, 15) is 4.79 Å². The molecule has 0 radical (unpaired) electrons. The van der Waals surface area contributed by atoms with Gasteiger partial charge in [-0.3, -0.25) is 4.79 Å². The van der Waals surface area contributed by atoms with Crippen molar-refractivity contribution in [3.05, 3.63) is 59.2 Å². The smallest absolute Gasteiger partial charge is 0.251 e. The lowest BCUT2D eigenvalue weighted by Gasteiger charge is -2.10. The normalized spacial score (nSPS) is 10.3. The molecule has 2 aromatic rings. The molecular formula is C20H25NO3. The average molecular weight is 327 g/mol. The van der Waals surface area contributed by atoms with Gasteiger partial charge in [0.1, 0.15) is 0 Å². The van der Waals surface area contributed by atoms with E-state index in [0.29, 0.717) is 23.6 Å². The third-order valence-corrected chi connectivity index (χ3v) is 3.94. The summed E-state index contributed by atoms with van der Waals surface area (Å²) in [5.41, 5.74) is 3.19. The third kappa shape index (κ3) is 5.01. The average Bonchev–Trinajstić information content (AvgIpc) is 2.62. The van der Waals surface area contributed by atoms with E-state index in [1.165, 1.54) is 11.1 Å². The van der Waals surface area contributed by atoms with Gasteiger partial charge < -0.3 is 14.8 Å². The summed E-state index contributed by atoms with van der Waals surface area (Å²) in [6.45, 7) is 2.76. The number of ether oxygens (including phenoxy) is 2. The zero-order chi connectivity index (χ0) is 17.4. The number of hydrogen-bond donors (Lipinski definition) is 1. The van der Waals surface area contributed by atoms with Crippen LogP contribution in [0.1, 0.15) is 34.3 Å². The van der Waals surface area contributed by atoms with E-state index in [1.807, 2.05) is 0 Å². The second-order valence-electron chi connectivity index (χ2n) is 5.77. The van der Waals surface area contributed by atoms with Gasteiger partial charge in [-0.2, -0.15) is 0 Å². The Morgan fingerprint density at radius 1 is 0.958 bits per heavy atom. The molecule has 24 heavy (non-hydrogen) atoms. The predicted molar refractivity (Wildman–Crippen MR) is 96.0 cm³/mol. The van der Waals surface area contributed by atoms with Crippen molar-refractivity contribution in [2.45, 2.75) is 26.2 Å². The van der Waals surface area contributed by atoms with Crippen LogP contribution in [0, 0.1) is 6.92 Å². The molecule has 0 atom stereocenters. The minimum atomic E-state index is -0.0914. The largest absolute Gasteiger partial charge is 0.493 e. The van der Waals surface area contributed by atoms with E-state index in [2.05, 4.69) is 36.5 Å². The maximum atomic E-state index is 12.2. The molecule has 4 heteroatoms. The summed E-state index contributed by atoms with van der Waals surface area (Å²) in [4.78, 5) is 12.2. The number of benzene rings is 2. The molecule has 0 aliphatic rings. The van der Waals surface area contributed by atoms with Crippen molar-refractivity contribution < 1.29 is 14.3 Å². The van der Waals surface area contributed by atoms with Gasteiger partial charge in [0.15, 0.2) is 11.5 Å². The highest BCUT2D eigenvalue weighted by Gasteiger charge is 2.10. The lowest BCUT2D eigenvalue weighted by Crippen LogP contribution is -2.24. The first-order valence-corrected chi connectivity index (χ1v) is 8.20. The molecule has 4 nitrogen and oxygen atoms in total. The van der Waals surface area contributed by atoms with Crippen LogP contribution in [0.3, 0.4) is 0 Å². The van der Waals surface area contributed by atoms with Crippen LogP contribution in [-0.4, -0.2) is 26.7 Å². The number of hydrogen-bond acceptors (Lipinski definition) is 3. The molecule has 2 rings (SSSR count). The van der Waals surface area contributed by atoms with Gasteiger partial charge >= 0.3 is 0 Å². The quantitative estimate of drug-likeness (QED) is 0.751. The van der Waals surface area contributed by atoms with E-state index >= 15 is 0 Å². The maximum absolute atomic E-state index is 12.2. The van der Waals surface area contributed by atoms with E-state index in [1.54, 1.807) is 32.4 Å². The molecule has 0 saturated carbocycles. The molecule has 0 spiro atoms. The van der Waals surface area contributed by atoms with Crippen LogP contribution in [0.4, 0.5) is 0 Å². The Morgan fingerprint density at radius 2 is 1.67 bits per heavy atom. The topological polar surface area (TPSA) is 47.6 Å². The Kier molecular flexibility index (Phi) is 6.67. The molecule has 0 aliphatic carbocycles. The first-order chi connectivity index (χ1) is 11.6. The molecule has 0 heterocycles. The fraction of sp³-hybridized carbons (Fsp3) is 0.350. The van der Waals surface area contributed by atoms with Crippen molar-refractivity contribution in [2.24, 2.45) is 0 Å². The van der Waals surface area contributed by atoms with E-state index in [-0.39, 0.29) is 5.91 Å². The Hall–Kier alpha value is -2.49. The summed E-state index contributed by atoms with van der Waals surface area (Å²) in [6.07, 6.45) is 3.04. The predicted octanol–water partition coefficient (Wildman–Crippen LogP) is 3.76. The lowest BCUT2D eigenvalue weighted by atomic mass is 10.1. The van der Waals surface area contributed by atoms with Crippen LogP contribution in [0.15, 0.2) is 42.5 Å². The van der Waals surface area contributed by atoms with Gasteiger partial charge in [-0.25, -0.2) is 0 Å². The monoisotopic (exact) mass is 327 g/mol. The molecule has 128 valence electrons. The zero-order valence-corrected chi connectivity index (χ0v) is 14.6. The maximum Gasteiger partial charge on any atom is 0.251 e. The second-order valence-corrected chi connectivity index (χ2v) is 5.77. The number of methoxy groups -OCH3 is 2. The van der Waals surface area contributed by atoms with Gasteiger partial charge in [-0.1, -0.05) is 29.8 Å². The molecule has 2 aromatic carbocycles. The summed E-state index contributed by atoms with van der Waals surface area (Å²) in [7, 11) is 3.14. The van der Waals surface area contributed by atoms with Crippen molar-refractivity contribution in [1.82, 2.24) is 5.32 Å². The van der Waals surface area contributed by atoms with Crippen LogP contribution in [-0.2, 0) is 6.42 Å². The number of unbranched alkanes of at least 4 members (excludes halogenated alkanes) is 1. The highest BCUT2D eigenvalue weighted by molar-refractivity contribution is 5.94. The van der Waals surface area contributed by atoms with Gasteiger partial charge in [0.2, 0.25) is 0 Å². The first kappa shape index (κ1) is 17.9. The fourth-order valence-corrected chi connectivity index (χ4v) is 2.49. The van der Waals surface area contributed by atoms with Gasteiger partial charge in [0, 0.05) is 12.1 Å². The molecule has 0 aliphatic heterocycles. The lowest BCUT2D eigenvalue weighted by molar-refractivity contribution is 0.0952. The van der Waals surface area contributed by atoms with Gasteiger partial charge in [-0.05, 0) is 49.9 Å². The SMILES string of the molecule is COc1ccc(C(=O)NCCCCc2ccc(C)cc2)cc1OC. The van der Waals surface area contributed by atoms with Crippen molar-refractivity contribution in [3.8, 4) is 11.5 Å². The number of carbonyl (C=O) groups excluding carboxylic acids is 1. The molecule has 1 N–H and O–H groups in total. The molecule has 0 aromatic heterocycles. The minimum absolute atomic E-state index is 0.0914. The second kappa shape index (κ2) is 8.96. The Balaban J connectivity index is 1.76. The molecule has 0 unspecified atom stereocenters. The number of carbonyl (C=O) groups is 1. The first-order valence-electron chi connectivity index (χ1n) is 8.20. The minimum Gasteiger partial charge on any atom is -0.493 e. The van der Waals surface area contributed by atoms with Crippen molar-refractivity contribution in [3.63, 3.8) is 0 Å². The highest BCUT2D eigenvalue weighted by atomic mass is 16.5. The Labute approximate surface area is 143 Å². The van der Waals surface area contributed by atoms with Crippen LogP contribution in [0.5, 0.6) is 11.5 Å². The van der Waals surface area contributed by atoms with Crippen molar-refractivity contribution in [2.75, 3.05) is 20.8 Å². The van der Waals surface area contributed by atoms with Crippen molar-refractivity contribution >= 4 is 5.91 Å². The van der Waals surface area contributed by atoms with E-state index in [4.69, 9.17) is 9.47 Å². The summed E-state index contributed by atoms with van der Waals surface area (Å²) >= 11 is 0. The summed E-state index contributed by atoms with van der Waals surface area (Å²) < 4.78 is 10.4. The van der Waals surface area contributed by atoms with Crippen LogP contribution >= 0.6 is 0 Å². The summed E-state index contributed by atoms with van der Waals surface area (Å²) in [5.74, 6) is 1.09. The molecule has 1 amide bonds. The van der Waals surface area contributed by atoms with Gasteiger partial charge in [0.05, 0.1) is 14.2 Å². The zero-order valence-electron chi connectivity index (χ0n) is 14.6.